The molecule has 8 heteroatoms. The van der Waals surface area contributed by atoms with Crippen molar-refractivity contribution in [2.24, 2.45) is 5.10 Å². The number of carbonyl (C=O) groups is 1. The number of hydrogen-bond acceptors (Lipinski definition) is 5. The summed E-state index contributed by atoms with van der Waals surface area (Å²) in [5.74, 6) is 0.0101. The van der Waals surface area contributed by atoms with Crippen molar-refractivity contribution < 1.29 is 13.9 Å². The van der Waals surface area contributed by atoms with E-state index >= 15 is 0 Å². The Morgan fingerprint density at radius 2 is 1.84 bits per heavy atom. The standard InChI is InChI=1S/C24H19BrFN3O2S/c1-15(2)31-20-10-5-17(6-11-20)23(30)29(27-14-16-3-8-19(26)9-4-16)24-28-21-12-7-18(25)13-22(21)32-24/h3-15H,1-2H3/b27-14+. The Labute approximate surface area is 197 Å². The lowest BCUT2D eigenvalue weighted by Crippen LogP contribution is -2.25. The van der Waals surface area contributed by atoms with Crippen LogP contribution in [-0.2, 0) is 0 Å². The summed E-state index contributed by atoms with van der Waals surface area (Å²) in [5, 5.41) is 6.10. The minimum atomic E-state index is -0.337. The number of halogens is 2. The van der Waals surface area contributed by atoms with Crippen molar-refractivity contribution in [3.8, 4) is 5.75 Å². The van der Waals surface area contributed by atoms with Crippen LogP contribution >= 0.6 is 27.3 Å². The van der Waals surface area contributed by atoms with Crippen LogP contribution in [0.25, 0.3) is 10.2 Å². The van der Waals surface area contributed by atoms with Gasteiger partial charge in [0.15, 0.2) is 0 Å². The number of thiazole rings is 1. The lowest BCUT2D eigenvalue weighted by Gasteiger charge is -2.15. The van der Waals surface area contributed by atoms with Gasteiger partial charge in [0.05, 0.1) is 22.5 Å². The molecule has 0 aliphatic rings. The third kappa shape index (κ3) is 5.20. The second-order valence-electron chi connectivity index (χ2n) is 7.21. The fourth-order valence-electron chi connectivity index (χ4n) is 2.91. The summed E-state index contributed by atoms with van der Waals surface area (Å²) >= 11 is 4.82. The summed E-state index contributed by atoms with van der Waals surface area (Å²) in [5.41, 5.74) is 1.87. The van der Waals surface area contributed by atoms with Gasteiger partial charge in [-0.25, -0.2) is 9.37 Å². The first-order chi connectivity index (χ1) is 15.4. The van der Waals surface area contributed by atoms with E-state index < -0.39 is 0 Å². The van der Waals surface area contributed by atoms with E-state index in [0.29, 0.717) is 22.0 Å². The molecular formula is C24H19BrFN3O2S. The summed E-state index contributed by atoms with van der Waals surface area (Å²) in [7, 11) is 0. The fourth-order valence-corrected chi connectivity index (χ4v) is 4.38. The summed E-state index contributed by atoms with van der Waals surface area (Å²) in [4.78, 5) is 18.0. The molecule has 0 N–H and O–H groups in total. The molecule has 0 saturated carbocycles. The van der Waals surface area contributed by atoms with Crippen LogP contribution < -0.4 is 9.75 Å². The molecule has 0 unspecified atom stereocenters. The van der Waals surface area contributed by atoms with E-state index in [1.54, 1.807) is 36.4 Å². The van der Waals surface area contributed by atoms with Crippen molar-refractivity contribution in [1.29, 1.82) is 0 Å². The highest BCUT2D eigenvalue weighted by Crippen LogP contribution is 2.32. The monoisotopic (exact) mass is 511 g/mol. The van der Waals surface area contributed by atoms with Crippen LogP contribution in [0.2, 0.25) is 0 Å². The number of fused-ring (bicyclic) bond motifs is 1. The molecule has 1 heterocycles. The molecule has 5 nitrogen and oxygen atoms in total. The average molecular weight is 512 g/mol. The SMILES string of the molecule is CC(C)Oc1ccc(C(=O)N(/N=C/c2ccc(F)cc2)c2nc3ccc(Br)cc3s2)cc1. The highest BCUT2D eigenvalue weighted by Gasteiger charge is 2.21. The molecule has 4 rings (SSSR count). The lowest BCUT2D eigenvalue weighted by atomic mass is 10.2. The zero-order valence-corrected chi connectivity index (χ0v) is 19.7. The number of hydrazone groups is 1. The largest absolute Gasteiger partial charge is 0.491 e. The van der Waals surface area contributed by atoms with Gasteiger partial charge in [-0.1, -0.05) is 39.4 Å². The molecule has 32 heavy (non-hydrogen) atoms. The van der Waals surface area contributed by atoms with Gasteiger partial charge in [-0.2, -0.15) is 10.1 Å². The van der Waals surface area contributed by atoms with E-state index in [2.05, 4.69) is 26.0 Å². The van der Waals surface area contributed by atoms with Crippen LogP contribution in [0, 0.1) is 5.82 Å². The van der Waals surface area contributed by atoms with E-state index in [1.807, 2.05) is 32.0 Å². The van der Waals surface area contributed by atoms with Crippen LogP contribution in [0.15, 0.2) is 76.3 Å². The number of aromatic nitrogens is 1. The minimum absolute atomic E-state index is 0.0374. The smallest absolute Gasteiger partial charge is 0.280 e. The predicted octanol–water partition coefficient (Wildman–Crippen LogP) is 6.67. The van der Waals surface area contributed by atoms with Crippen LogP contribution in [0.5, 0.6) is 5.75 Å². The molecule has 1 amide bonds. The van der Waals surface area contributed by atoms with Gasteiger partial charge < -0.3 is 4.74 Å². The van der Waals surface area contributed by atoms with Crippen molar-refractivity contribution in [1.82, 2.24) is 4.98 Å². The zero-order valence-electron chi connectivity index (χ0n) is 17.3. The fraction of sp³-hybridized carbons (Fsp3) is 0.125. The summed E-state index contributed by atoms with van der Waals surface area (Å²) in [6, 6.07) is 18.5. The van der Waals surface area contributed by atoms with E-state index in [1.165, 1.54) is 34.7 Å². The van der Waals surface area contributed by atoms with Crippen LogP contribution in [-0.4, -0.2) is 23.2 Å². The molecule has 0 aliphatic carbocycles. The van der Waals surface area contributed by atoms with Gasteiger partial charge in [0, 0.05) is 10.0 Å². The number of anilines is 1. The minimum Gasteiger partial charge on any atom is -0.491 e. The van der Waals surface area contributed by atoms with Crippen molar-refractivity contribution in [3.63, 3.8) is 0 Å². The molecular weight excluding hydrogens is 493 g/mol. The highest BCUT2D eigenvalue weighted by molar-refractivity contribution is 9.10. The van der Waals surface area contributed by atoms with Crippen LogP contribution in [0.4, 0.5) is 9.52 Å². The highest BCUT2D eigenvalue weighted by atomic mass is 79.9. The van der Waals surface area contributed by atoms with E-state index in [9.17, 15) is 9.18 Å². The van der Waals surface area contributed by atoms with Gasteiger partial charge in [-0.15, -0.1) is 0 Å². The van der Waals surface area contributed by atoms with Gasteiger partial charge >= 0.3 is 0 Å². The second-order valence-corrected chi connectivity index (χ2v) is 9.14. The number of amides is 1. The van der Waals surface area contributed by atoms with Crippen molar-refractivity contribution in [2.75, 3.05) is 5.01 Å². The molecule has 0 atom stereocenters. The summed E-state index contributed by atoms with van der Waals surface area (Å²) in [6.07, 6.45) is 1.55. The molecule has 0 spiro atoms. The molecule has 0 bridgehead atoms. The van der Waals surface area contributed by atoms with Gasteiger partial charge in [0.2, 0.25) is 5.13 Å². The average Bonchev–Trinajstić information content (AvgIpc) is 3.18. The first-order valence-electron chi connectivity index (χ1n) is 9.86. The topological polar surface area (TPSA) is 54.8 Å². The number of nitrogens with zero attached hydrogens (tertiary/aromatic N) is 3. The molecule has 0 fully saturated rings. The molecule has 0 radical (unpaired) electrons. The normalized spacial score (nSPS) is 11.4. The molecule has 0 saturated heterocycles. The maximum atomic E-state index is 13.4. The Hall–Kier alpha value is -3.10. The number of rotatable bonds is 6. The molecule has 3 aromatic carbocycles. The quantitative estimate of drug-likeness (QED) is 0.214. The van der Waals surface area contributed by atoms with Gasteiger partial charge in [-0.3, -0.25) is 4.79 Å². The third-order valence-corrected chi connectivity index (χ3v) is 5.87. The molecule has 162 valence electrons. The van der Waals surface area contributed by atoms with Crippen molar-refractivity contribution in [3.05, 3.63) is 88.1 Å². The first-order valence-corrected chi connectivity index (χ1v) is 11.5. The number of carbonyl (C=O) groups excluding carboxylic acids is 1. The third-order valence-electron chi connectivity index (χ3n) is 4.38. The number of ether oxygens (including phenoxy) is 1. The van der Waals surface area contributed by atoms with Crippen LogP contribution in [0.1, 0.15) is 29.8 Å². The van der Waals surface area contributed by atoms with Crippen molar-refractivity contribution in [2.45, 2.75) is 20.0 Å². The molecule has 4 aromatic rings. The zero-order chi connectivity index (χ0) is 22.7. The van der Waals surface area contributed by atoms with Crippen molar-refractivity contribution >= 4 is 54.7 Å². The maximum Gasteiger partial charge on any atom is 0.280 e. The lowest BCUT2D eigenvalue weighted by molar-refractivity contribution is 0.0988. The van der Waals surface area contributed by atoms with E-state index in [-0.39, 0.29) is 17.8 Å². The Morgan fingerprint density at radius 1 is 1.12 bits per heavy atom. The molecule has 0 aliphatic heterocycles. The summed E-state index contributed by atoms with van der Waals surface area (Å²) < 4.78 is 20.7. The Morgan fingerprint density at radius 3 is 2.53 bits per heavy atom. The Balaban J connectivity index is 1.70. The summed E-state index contributed by atoms with van der Waals surface area (Å²) in [6.45, 7) is 3.88. The second kappa shape index (κ2) is 9.58. The van der Waals surface area contributed by atoms with E-state index in [0.717, 1.165) is 14.7 Å². The first kappa shape index (κ1) is 22.1. The van der Waals surface area contributed by atoms with E-state index in [4.69, 9.17) is 4.74 Å². The van der Waals surface area contributed by atoms with Crippen LogP contribution in [0.3, 0.4) is 0 Å². The van der Waals surface area contributed by atoms with Gasteiger partial charge in [0.1, 0.15) is 11.6 Å². The maximum absolute atomic E-state index is 13.4. The number of hydrogen-bond donors (Lipinski definition) is 0. The Bertz CT molecular complexity index is 1270. The molecule has 1 aromatic heterocycles. The predicted molar refractivity (Wildman–Crippen MR) is 130 cm³/mol. The number of benzene rings is 3. The van der Waals surface area contributed by atoms with Gasteiger partial charge in [-0.05, 0) is 74.0 Å². The van der Waals surface area contributed by atoms with Gasteiger partial charge in [0.25, 0.3) is 5.91 Å². The Kier molecular flexibility index (Phi) is 6.62.